The van der Waals surface area contributed by atoms with Crippen LogP contribution in [-0.4, -0.2) is 131 Å². The van der Waals surface area contributed by atoms with Crippen LogP contribution < -0.4 is 40.4 Å². The number of benzene rings is 3. The van der Waals surface area contributed by atoms with Gasteiger partial charge in [-0.1, -0.05) is 11.6 Å². The molecule has 0 saturated carbocycles. The first-order valence-electron chi connectivity index (χ1n) is 20.2. The van der Waals surface area contributed by atoms with Crippen molar-refractivity contribution in [1.82, 2.24) is 19.8 Å². The summed E-state index contributed by atoms with van der Waals surface area (Å²) in [5, 5.41) is 7.03. The first-order valence-corrected chi connectivity index (χ1v) is 20.5. The molecule has 5 aliphatic rings. The largest absolute Gasteiger partial charge is 0.495 e. The molecule has 1 aromatic heterocycles. The number of morpholine rings is 2. The fourth-order valence-electron chi connectivity index (χ4n) is 8.59. The second-order valence-corrected chi connectivity index (χ2v) is 16.2. The Bertz CT molecular complexity index is 2160. The van der Waals surface area contributed by atoms with E-state index < -0.39 is 0 Å². The molecule has 59 heavy (non-hydrogen) atoms. The number of carbonyl (C=O) groups excluding carboxylic acids is 1. The fourth-order valence-corrected chi connectivity index (χ4v) is 8.73. The molecule has 0 aliphatic carbocycles. The molecule has 3 aromatic carbocycles. The summed E-state index contributed by atoms with van der Waals surface area (Å²) in [6.45, 7) is 5.53. The Morgan fingerprint density at radius 3 is 2.00 bits per heavy atom. The lowest BCUT2D eigenvalue weighted by Gasteiger charge is -2.29. The Morgan fingerprint density at radius 1 is 0.831 bits per heavy atom. The SMILES string of the molecule is COc1cc(N2CC3CC2CO3)ccc1N.COc1cc2c(cc1Nc1ncc(Cl)c(Nc3ccc(N4CC5CC4CO5)cc3OC)n1)CCN(CC(=O)N(C)C)CC2. The minimum Gasteiger partial charge on any atom is -0.495 e. The Kier molecular flexibility index (Phi) is 12.1. The zero-order chi connectivity index (χ0) is 41.2. The molecule has 15 nitrogen and oxygen atoms in total. The summed E-state index contributed by atoms with van der Waals surface area (Å²) in [6.07, 6.45) is 6.17. The topological polar surface area (TPSA) is 152 Å². The molecule has 16 heteroatoms. The molecule has 314 valence electrons. The second kappa shape index (κ2) is 17.6. The number of amides is 1. The van der Waals surface area contributed by atoms with Crippen molar-refractivity contribution in [2.45, 2.75) is 50.0 Å². The normalized spacial score (nSPS) is 21.7. The monoisotopic (exact) mass is 827 g/mol. The maximum atomic E-state index is 12.3. The highest BCUT2D eigenvalue weighted by molar-refractivity contribution is 6.33. The van der Waals surface area contributed by atoms with E-state index in [2.05, 4.69) is 59.6 Å². The van der Waals surface area contributed by atoms with Crippen LogP contribution in [0.4, 0.5) is 40.2 Å². The number of ether oxygens (including phenoxy) is 5. The van der Waals surface area contributed by atoms with E-state index in [9.17, 15) is 4.79 Å². The Balaban J connectivity index is 0.000000251. The number of hydrogen-bond donors (Lipinski definition) is 3. The van der Waals surface area contributed by atoms with Gasteiger partial charge in [0.05, 0.1) is 88.6 Å². The predicted octanol–water partition coefficient (Wildman–Crippen LogP) is 5.36. The Morgan fingerprint density at radius 2 is 1.42 bits per heavy atom. The van der Waals surface area contributed by atoms with E-state index in [1.165, 1.54) is 16.8 Å². The van der Waals surface area contributed by atoms with Gasteiger partial charge in [-0.25, -0.2) is 4.98 Å². The first kappa shape index (κ1) is 40.6. The number of nitrogen functional groups attached to an aromatic ring is 1. The lowest BCUT2D eigenvalue weighted by atomic mass is 10.0. The second-order valence-electron chi connectivity index (χ2n) is 15.8. The van der Waals surface area contributed by atoms with Crippen molar-refractivity contribution in [1.29, 1.82) is 0 Å². The van der Waals surface area contributed by atoms with Gasteiger partial charge in [0, 0.05) is 63.8 Å². The van der Waals surface area contributed by atoms with E-state index in [0.717, 1.165) is 87.9 Å². The minimum absolute atomic E-state index is 0.109. The van der Waals surface area contributed by atoms with Crippen molar-refractivity contribution in [2.75, 3.05) is 108 Å². The van der Waals surface area contributed by atoms with Crippen LogP contribution in [0.3, 0.4) is 0 Å². The van der Waals surface area contributed by atoms with Crippen molar-refractivity contribution >= 4 is 57.7 Å². The van der Waals surface area contributed by atoms with E-state index in [1.54, 1.807) is 46.5 Å². The van der Waals surface area contributed by atoms with Gasteiger partial charge >= 0.3 is 0 Å². The van der Waals surface area contributed by atoms with Crippen LogP contribution in [0, 0.1) is 0 Å². The molecule has 4 atom stereocenters. The number of carbonyl (C=O) groups is 1. The van der Waals surface area contributed by atoms with Crippen molar-refractivity contribution in [3.05, 3.63) is 70.9 Å². The van der Waals surface area contributed by atoms with Gasteiger partial charge in [-0.05, 0) is 73.2 Å². The fraction of sp³-hybridized carbons (Fsp3) is 0.465. The van der Waals surface area contributed by atoms with E-state index in [0.29, 0.717) is 64.8 Å². The maximum Gasteiger partial charge on any atom is 0.236 e. The van der Waals surface area contributed by atoms with Crippen LogP contribution in [0.1, 0.15) is 24.0 Å². The molecule has 6 heterocycles. The highest BCUT2D eigenvalue weighted by atomic mass is 35.5. The molecule has 5 aliphatic heterocycles. The number of likely N-dealkylation sites (N-methyl/N-ethyl adjacent to an activating group) is 1. The van der Waals surface area contributed by atoms with Crippen molar-refractivity contribution < 1.29 is 28.5 Å². The summed E-state index contributed by atoms with van der Waals surface area (Å²) >= 11 is 6.53. The van der Waals surface area contributed by atoms with Crippen LogP contribution in [0.15, 0.2) is 54.7 Å². The average molecular weight is 828 g/mol. The van der Waals surface area contributed by atoms with E-state index in [4.69, 9.17) is 41.0 Å². The van der Waals surface area contributed by atoms with E-state index in [-0.39, 0.29) is 5.91 Å². The zero-order valence-corrected chi connectivity index (χ0v) is 35.1. The number of nitrogens with zero attached hydrogens (tertiary/aromatic N) is 6. The van der Waals surface area contributed by atoms with E-state index >= 15 is 0 Å². The van der Waals surface area contributed by atoms with Crippen LogP contribution in [-0.2, 0) is 27.1 Å². The summed E-state index contributed by atoms with van der Waals surface area (Å²) in [6, 6.07) is 17.2. The number of hydrogen-bond acceptors (Lipinski definition) is 14. The smallest absolute Gasteiger partial charge is 0.236 e. The quantitative estimate of drug-likeness (QED) is 0.167. The van der Waals surface area contributed by atoms with Crippen LogP contribution in [0.5, 0.6) is 17.2 Å². The number of fused-ring (bicyclic) bond motifs is 5. The maximum absolute atomic E-state index is 12.3. The van der Waals surface area contributed by atoms with Crippen molar-refractivity contribution in [3.63, 3.8) is 0 Å². The Hall–Kier alpha value is -5.22. The zero-order valence-electron chi connectivity index (χ0n) is 34.4. The van der Waals surface area contributed by atoms with Crippen LogP contribution >= 0.6 is 11.6 Å². The van der Waals surface area contributed by atoms with Gasteiger partial charge in [-0.3, -0.25) is 9.69 Å². The molecular weight excluding hydrogens is 774 g/mol. The van der Waals surface area contributed by atoms with Gasteiger partial charge in [-0.2, -0.15) is 4.98 Å². The number of nitrogens with two attached hydrogens (primary N) is 1. The highest BCUT2D eigenvalue weighted by Crippen LogP contribution is 2.39. The summed E-state index contributed by atoms with van der Waals surface area (Å²) in [5.74, 6) is 3.08. The van der Waals surface area contributed by atoms with Gasteiger partial charge in [0.15, 0.2) is 5.82 Å². The van der Waals surface area contributed by atoms with Crippen molar-refractivity contribution in [3.8, 4) is 17.2 Å². The van der Waals surface area contributed by atoms with Gasteiger partial charge in [0.1, 0.15) is 22.3 Å². The van der Waals surface area contributed by atoms with E-state index in [1.807, 2.05) is 24.3 Å². The molecule has 4 unspecified atom stereocenters. The van der Waals surface area contributed by atoms with Crippen LogP contribution in [0.2, 0.25) is 5.02 Å². The molecular formula is C43H54ClN9O6. The predicted molar refractivity (Wildman–Crippen MR) is 231 cm³/mol. The molecule has 0 radical (unpaired) electrons. The molecule has 4 saturated heterocycles. The highest BCUT2D eigenvalue weighted by Gasteiger charge is 2.40. The molecule has 4 N–H and O–H groups in total. The average Bonchev–Trinajstić information content (AvgIpc) is 4.06. The first-order chi connectivity index (χ1) is 28.6. The molecule has 9 rings (SSSR count). The number of nitrogens with one attached hydrogen (secondary N) is 2. The molecule has 4 fully saturated rings. The van der Waals surface area contributed by atoms with Gasteiger partial charge in [-0.15, -0.1) is 0 Å². The van der Waals surface area contributed by atoms with Gasteiger partial charge in [0.25, 0.3) is 0 Å². The third kappa shape index (κ3) is 8.88. The number of methoxy groups -OCH3 is 3. The lowest BCUT2D eigenvalue weighted by molar-refractivity contribution is -0.129. The lowest BCUT2D eigenvalue weighted by Crippen LogP contribution is -2.37. The molecule has 0 spiro atoms. The number of rotatable bonds is 11. The standard InChI is InChI=1S/C31H38ClN7O4.C12H16N2O2/c1-37(2)29(40)17-38-9-7-19-11-26(27(41-3)12-20(19)8-10-38)35-31-33-15-24(32)30(36-31)34-25-6-5-21(14-28(25)42-4)39-16-23-13-22(39)18-43-23;1-15-12-5-8(2-3-11(12)13)14-6-10-4-9(14)7-16-10/h5-6,11-12,14-15,22-23H,7-10,13,16-18H2,1-4H3,(H2,33,34,35,36);2-3,5,9-10H,4,6-7,13H2,1H3. The third-order valence-electron chi connectivity index (χ3n) is 11.9. The van der Waals surface area contributed by atoms with Crippen LogP contribution in [0.25, 0.3) is 0 Å². The number of anilines is 7. The molecule has 4 aromatic rings. The van der Waals surface area contributed by atoms with Gasteiger partial charge < -0.3 is 54.8 Å². The summed E-state index contributed by atoms with van der Waals surface area (Å²) in [5.41, 5.74) is 12.7. The minimum atomic E-state index is 0.109. The number of aromatic nitrogens is 2. The Labute approximate surface area is 350 Å². The summed E-state index contributed by atoms with van der Waals surface area (Å²) < 4.78 is 28.1. The van der Waals surface area contributed by atoms with Gasteiger partial charge in [0.2, 0.25) is 11.9 Å². The summed E-state index contributed by atoms with van der Waals surface area (Å²) in [4.78, 5) is 30.0. The summed E-state index contributed by atoms with van der Waals surface area (Å²) in [7, 11) is 8.53. The number of halogens is 1. The third-order valence-corrected chi connectivity index (χ3v) is 12.2. The van der Waals surface area contributed by atoms with Crippen molar-refractivity contribution in [2.24, 2.45) is 0 Å². The molecule has 1 amide bonds. The molecule has 4 bridgehead atoms.